The maximum atomic E-state index is 14.4. The highest BCUT2D eigenvalue weighted by molar-refractivity contribution is 9.10. The van der Waals surface area contributed by atoms with E-state index in [0.717, 1.165) is 20.8 Å². The van der Waals surface area contributed by atoms with E-state index in [1.54, 1.807) is 48.4 Å². The van der Waals surface area contributed by atoms with Gasteiger partial charge in [0.25, 0.3) is 11.8 Å². The molecule has 1 N–H and O–H groups in total. The molecule has 5 rings (SSSR count). The molecule has 9 heteroatoms. The molecule has 1 aliphatic rings. The van der Waals surface area contributed by atoms with Crippen molar-refractivity contribution in [1.82, 2.24) is 5.32 Å². The monoisotopic (exact) mass is 638 g/mol. The highest BCUT2D eigenvalue weighted by Gasteiger charge is 2.38. The molecule has 4 aromatic rings. The van der Waals surface area contributed by atoms with E-state index in [4.69, 9.17) is 4.74 Å². The Bertz CT molecular complexity index is 1750. The topological polar surface area (TPSA) is 103 Å². The SMILES string of the molecule is CC[C@@H](C)C(=O)N[C@H]1CN(C(=O)c2ccc(C#N)cc2)c2ccccc2N(Cc2c(OC)ccc3c(Br)cccc23)C1=O. The lowest BCUT2D eigenvalue weighted by Crippen LogP contribution is -2.53. The van der Waals surface area contributed by atoms with Crippen LogP contribution in [0.15, 0.2) is 83.3 Å². The van der Waals surface area contributed by atoms with E-state index in [1.165, 1.54) is 4.90 Å². The summed E-state index contributed by atoms with van der Waals surface area (Å²) in [4.78, 5) is 44.7. The minimum absolute atomic E-state index is 0.0639. The van der Waals surface area contributed by atoms with Crippen molar-refractivity contribution in [3.05, 3.63) is 100 Å². The molecule has 2 atom stereocenters. The molecule has 0 radical (unpaired) electrons. The molecule has 0 unspecified atom stereocenters. The molecule has 3 amide bonds. The number of carbonyl (C=O) groups is 3. The Morgan fingerprint density at radius 2 is 1.74 bits per heavy atom. The van der Waals surface area contributed by atoms with Gasteiger partial charge in [0.1, 0.15) is 11.8 Å². The molecule has 0 aromatic heterocycles. The molecule has 0 aliphatic carbocycles. The number of hydrogen-bond acceptors (Lipinski definition) is 5. The second kappa shape index (κ2) is 12.7. The van der Waals surface area contributed by atoms with Crippen LogP contribution in [0.2, 0.25) is 0 Å². The van der Waals surface area contributed by atoms with Crippen LogP contribution in [-0.4, -0.2) is 37.4 Å². The predicted molar refractivity (Wildman–Crippen MR) is 170 cm³/mol. The lowest BCUT2D eigenvalue weighted by molar-refractivity contribution is -0.129. The minimum atomic E-state index is -1.01. The summed E-state index contributed by atoms with van der Waals surface area (Å²) < 4.78 is 6.66. The number of carbonyl (C=O) groups excluding carboxylic acids is 3. The fraction of sp³-hybridized carbons (Fsp3) is 0.235. The number of ether oxygens (including phenoxy) is 1. The van der Waals surface area contributed by atoms with Gasteiger partial charge in [-0.15, -0.1) is 0 Å². The molecule has 0 spiro atoms. The fourth-order valence-corrected chi connectivity index (χ4v) is 5.76. The highest BCUT2D eigenvalue weighted by atomic mass is 79.9. The number of methoxy groups -OCH3 is 1. The Morgan fingerprint density at radius 3 is 2.42 bits per heavy atom. The summed E-state index contributed by atoms with van der Waals surface area (Å²) in [5.41, 5.74) is 2.66. The van der Waals surface area contributed by atoms with Crippen LogP contribution < -0.4 is 19.9 Å². The van der Waals surface area contributed by atoms with Gasteiger partial charge in [-0.2, -0.15) is 5.26 Å². The van der Waals surface area contributed by atoms with Gasteiger partial charge in [-0.1, -0.05) is 54.0 Å². The molecule has 0 bridgehead atoms. The second-order valence-corrected chi connectivity index (χ2v) is 11.3. The van der Waals surface area contributed by atoms with Crippen molar-refractivity contribution in [1.29, 1.82) is 5.26 Å². The lowest BCUT2D eigenvalue weighted by atomic mass is 10.0. The number of halogens is 1. The van der Waals surface area contributed by atoms with Gasteiger partial charge in [-0.25, -0.2) is 0 Å². The summed E-state index contributed by atoms with van der Waals surface area (Å²) in [7, 11) is 1.59. The maximum absolute atomic E-state index is 14.4. The first-order chi connectivity index (χ1) is 20.8. The third-order valence-corrected chi connectivity index (χ3v) is 8.58. The van der Waals surface area contributed by atoms with Crippen LogP contribution in [0.1, 0.15) is 41.8 Å². The van der Waals surface area contributed by atoms with Crippen LogP contribution in [0.5, 0.6) is 5.75 Å². The summed E-state index contributed by atoms with van der Waals surface area (Å²) >= 11 is 3.63. The smallest absolute Gasteiger partial charge is 0.258 e. The van der Waals surface area contributed by atoms with Crippen LogP contribution >= 0.6 is 15.9 Å². The third kappa shape index (κ3) is 5.84. The number of anilines is 2. The summed E-state index contributed by atoms with van der Waals surface area (Å²) in [5.74, 6) is -0.644. The molecule has 43 heavy (non-hydrogen) atoms. The molecule has 8 nitrogen and oxygen atoms in total. The molecule has 1 heterocycles. The number of hydrogen-bond donors (Lipinski definition) is 1. The van der Waals surface area contributed by atoms with Crippen molar-refractivity contribution in [3.8, 4) is 11.8 Å². The second-order valence-electron chi connectivity index (χ2n) is 10.5. The standard InChI is InChI=1S/C34H31BrN4O4/c1-4-21(2)32(40)37-28-20-39(33(41)23-14-12-22(18-36)13-15-23)30-11-6-5-10-29(30)38(34(28)42)19-26-24-8-7-9-27(35)25(24)16-17-31(26)43-3/h5-17,21,28H,4,19-20H2,1-3H3,(H,37,40)/t21-,28+/m1/s1. The Kier molecular flexibility index (Phi) is 8.78. The van der Waals surface area contributed by atoms with Gasteiger partial charge in [-0.3, -0.25) is 14.4 Å². The lowest BCUT2D eigenvalue weighted by Gasteiger charge is -2.27. The molecule has 0 fully saturated rings. The van der Waals surface area contributed by atoms with Crippen LogP contribution in [0.25, 0.3) is 10.8 Å². The van der Waals surface area contributed by atoms with Crippen LogP contribution in [0.3, 0.4) is 0 Å². The van der Waals surface area contributed by atoms with Crippen molar-refractivity contribution in [2.24, 2.45) is 5.92 Å². The normalized spacial score (nSPS) is 15.3. The zero-order valence-corrected chi connectivity index (χ0v) is 25.7. The molecular formula is C34H31BrN4O4. The Morgan fingerprint density at radius 1 is 1.02 bits per heavy atom. The molecule has 218 valence electrons. The first-order valence-electron chi connectivity index (χ1n) is 14.0. The first-order valence-corrected chi connectivity index (χ1v) is 14.8. The first kappa shape index (κ1) is 29.8. The average molecular weight is 640 g/mol. The molecule has 0 saturated heterocycles. The number of amides is 3. The van der Waals surface area contributed by atoms with Crippen molar-refractivity contribution in [2.45, 2.75) is 32.9 Å². The van der Waals surface area contributed by atoms with E-state index in [-0.39, 0.29) is 36.7 Å². The number of fused-ring (bicyclic) bond motifs is 2. The molecule has 0 saturated carbocycles. The van der Waals surface area contributed by atoms with Gasteiger partial charge in [0.2, 0.25) is 5.91 Å². The maximum Gasteiger partial charge on any atom is 0.258 e. The molecular weight excluding hydrogens is 608 g/mol. The van der Waals surface area contributed by atoms with Gasteiger partial charge in [0, 0.05) is 21.5 Å². The number of para-hydroxylation sites is 2. The predicted octanol–water partition coefficient (Wildman–Crippen LogP) is 6.21. The number of rotatable bonds is 7. The van der Waals surface area contributed by atoms with Crippen LogP contribution in [0.4, 0.5) is 11.4 Å². The minimum Gasteiger partial charge on any atom is -0.496 e. The zero-order chi connectivity index (χ0) is 30.7. The van der Waals surface area contributed by atoms with Crippen molar-refractivity contribution in [3.63, 3.8) is 0 Å². The van der Waals surface area contributed by atoms with E-state index >= 15 is 0 Å². The Hall–Kier alpha value is -4.68. The van der Waals surface area contributed by atoms with Gasteiger partial charge in [-0.05, 0) is 71.8 Å². The van der Waals surface area contributed by atoms with Gasteiger partial charge in [0.05, 0.1) is 43.2 Å². The van der Waals surface area contributed by atoms with E-state index in [2.05, 4.69) is 27.3 Å². The third-order valence-electron chi connectivity index (χ3n) is 7.89. The Labute approximate surface area is 259 Å². The van der Waals surface area contributed by atoms with Gasteiger partial charge < -0.3 is 19.9 Å². The average Bonchev–Trinajstić information content (AvgIpc) is 3.15. The summed E-state index contributed by atoms with van der Waals surface area (Å²) in [6.45, 7) is 3.79. The van der Waals surface area contributed by atoms with Crippen LogP contribution in [0, 0.1) is 17.2 Å². The Balaban J connectivity index is 1.66. The van der Waals surface area contributed by atoms with Crippen molar-refractivity contribution in [2.75, 3.05) is 23.5 Å². The number of nitrogens with one attached hydrogen (secondary N) is 1. The molecule has 1 aliphatic heterocycles. The van der Waals surface area contributed by atoms with Gasteiger partial charge in [0.15, 0.2) is 0 Å². The number of nitriles is 1. The summed E-state index contributed by atoms with van der Waals surface area (Å²) in [6, 6.07) is 24.4. The fourth-order valence-electron chi connectivity index (χ4n) is 5.27. The zero-order valence-electron chi connectivity index (χ0n) is 24.1. The quantitative estimate of drug-likeness (QED) is 0.259. The van der Waals surface area contributed by atoms with Crippen LogP contribution in [-0.2, 0) is 16.1 Å². The highest BCUT2D eigenvalue weighted by Crippen LogP contribution is 2.38. The van der Waals surface area contributed by atoms with E-state index in [0.29, 0.717) is 34.7 Å². The van der Waals surface area contributed by atoms with E-state index in [9.17, 15) is 19.6 Å². The number of nitrogens with zero attached hydrogens (tertiary/aromatic N) is 3. The van der Waals surface area contributed by atoms with Crippen molar-refractivity contribution >= 4 is 55.8 Å². The summed E-state index contributed by atoms with van der Waals surface area (Å²) in [6.07, 6.45) is 0.604. The molecule has 4 aromatic carbocycles. The largest absolute Gasteiger partial charge is 0.496 e. The number of benzene rings is 4. The van der Waals surface area contributed by atoms with Gasteiger partial charge >= 0.3 is 0 Å². The summed E-state index contributed by atoms with van der Waals surface area (Å²) in [5, 5.41) is 14.0. The van der Waals surface area contributed by atoms with E-state index in [1.807, 2.05) is 56.3 Å². The van der Waals surface area contributed by atoms with Crippen molar-refractivity contribution < 1.29 is 19.1 Å². The van der Waals surface area contributed by atoms with E-state index < -0.39 is 6.04 Å².